The molecule has 5 rings (SSSR count). The number of fused-ring (bicyclic) bond motifs is 1. The number of aryl methyl sites for hydroxylation is 1. The highest BCUT2D eigenvalue weighted by atomic mass is 32.2. The average Bonchev–Trinajstić information content (AvgIpc) is 3.50. The normalized spacial score (nSPS) is 15.4. The minimum absolute atomic E-state index is 0.530. The highest BCUT2D eigenvalue weighted by Gasteiger charge is 2.33. The van der Waals surface area contributed by atoms with Crippen LogP contribution < -0.4 is 4.72 Å². The van der Waals surface area contributed by atoms with Crippen molar-refractivity contribution in [2.75, 3.05) is 7.11 Å². The van der Waals surface area contributed by atoms with Crippen LogP contribution in [-0.2, 0) is 21.2 Å². The molecule has 172 valence electrons. The van der Waals surface area contributed by atoms with E-state index < -0.39 is 15.3 Å². The SMILES string of the molecule is CO/C=C/NS(=O)(=O)C1CCc2cc(-c3nc(-c4ccccc4)[nH]c3-c3ccncc3)ccc21. The van der Waals surface area contributed by atoms with E-state index in [1.54, 1.807) is 12.4 Å². The lowest BCUT2D eigenvalue weighted by molar-refractivity contribution is 0.336. The van der Waals surface area contributed by atoms with Gasteiger partial charge >= 0.3 is 0 Å². The molecule has 0 bridgehead atoms. The predicted octanol–water partition coefficient (Wildman–Crippen LogP) is 4.83. The van der Waals surface area contributed by atoms with Gasteiger partial charge in [0.2, 0.25) is 10.0 Å². The molecule has 7 nitrogen and oxygen atoms in total. The molecule has 4 aromatic rings. The summed E-state index contributed by atoms with van der Waals surface area (Å²) in [6.45, 7) is 0. The predicted molar refractivity (Wildman–Crippen MR) is 132 cm³/mol. The summed E-state index contributed by atoms with van der Waals surface area (Å²) in [6.07, 6.45) is 7.33. The van der Waals surface area contributed by atoms with Gasteiger partial charge in [0.1, 0.15) is 11.1 Å². The topological polar surface area (TPSA) is 97.0 Å². The van der Waals surface area contributed by atoms with Gasteiger partial charge < -0.3 is 9.72 Å². The highest BCUT2D eigenvalue weighted by molar-refractivity contribution is 7.89. The van der Waals surface area contributed by atoms with Crippen molar-refractivity contribution in [3.63, 3.8) is 0 Å². The van der Waals surface area contributed by atoms with E-state index in [4.69, 9.17) is 9.72 Å². The summed E-state index contributed by atoms with van der Waals surface area (Å²) in [5, 5.41) is -0.600. The standard InChI is InChI=1S/C26H24N4O3S/c1-33-16-15-28-34(31,32)23-10-8-20-17-21(7-9-22(20)23)25-24(18-11-13-27-14-12-18)29-26(30-25)19-5-3-2-4-6-19/h2-7,9,11-17,23,28H,8,10H2,1H3,(H,29,30)/b16-15+. The molecule has 0 saturated heterocycles. The fourth-order valence-electron chi connectivity index (χ4n) is 4.36. The minimum Gasteiger partial charge on any atom is -0.503 e. The molecular formula is C26H24N4O3S. The number of sulfonamides is 1. The molecule has 34 heavy (non-hydrogen) atoms. The summed E-state index contributed by atoms with van der Waals surface area (Å²) in [4.78, 5) is 12.6. The van der Waals surface area contributed by atoms with Gasteiger partial charge in [0.25, 0.3) is 0 Å². The Morgan fingerprint density at radius 3 is 2.59 bits per heavy atom. The highest BCUT2D eigenvalue weighted by Crippen LogP contribution is 2.40. The fraction of sp³-hybridized carbons (Fsp3) is 0.154. The maximum absolute atomic E-state index is 12.8. The number of hydrogen-bond acceptors (Lipinski definition) is 5. The molecule has 0 amide bonds. The monoisotopic (exact) mass is 472 g/mol. The van der Waals surface area contributed by atoms with Crippen molar-refractivity contribution in [3.8, 4) is 33.9 Å². The zero-order valence-corrected chi connectivity index (χ0v) is 19.4. The van der Waals surface area contributed by atoms with Gasteiger partial charge in [-0.2, -0.15) is 0 Å². The number of aromatic nitrogens is 3. The Kier molecular flexibility index (Phi) is 5.90. The van der Waals surface area contributed by atoms with Crippen LogP contribution in [0.3, 0.4) is 0 Å². The van der Waals surface area contributed by atoms with E-state index in [0.717, 1.165) is 45.0 Å². The molecule has 1 atom stereocenters. The van der Waals surface area contributed by atoms with Gasteiger partial charge in [-0.15, -0.1) is 0 Å². The Labute approximate surface area is 198 Å². The van der Waals surface area contributed by atoms with Crippen molar-refractivity contribution in [3.05, 3.63) is 96.6 Å². The second-order valence-electron chi connectivity index (χ2n) is 8.05. The summed E-state index contributed by atoms with van der Waals surface area (Å²) in [6, 6.07) is 19.8. The lowest BCUT2D eigenvalue weighted by Gasteiger charge is -2.13. The largest absolute Gasteiger partial charge is 0.503 e. The van der Waals surface area contributed by atoms with Gasteiger partial charge in [-0.3, -0.25) is 9.71 Å². The second-order valence-corrected chi connectivity index (χ2v) is 9.95. The van der Waals surface area contributed by atoms with Crippen molar-refractivity contribution in [2.45, 2.75) is 18.1 Å². The number of methoxy groups -OCH3 is 1. The van der Waals surface area contributed by atoms with Crippen LogP contribution >= 0.6 is 0 Å². The first-order valence-corrected chi connectivity index (χ1v) is 12.5. The van der Waals surface area contributed by atoms with E-state index >= 15 is 0 Å². The van der Waals surface area contributed by atoms with E-state index in [2.05, 4.69) is 20.8 Å². The maximum Gasteiger partial charge on any atom is 0.239 e. The first kappa shape index (κ1) is 21.9. The van der Waals surface area contributed by atoms with Gasteiger partial charge in [-0.1, -0.05) is 42.5 Å². The van der Waals surface area contributed by atoms with Crippen LogP contribution in [0.5, 0.6) is 0 Å². The van der Waals surface area contributed by atoms with Crippen LogP contribution in [0.4, 0.5) is 0 Å². The van der Waals surface area contributed by atoms with Crippen LogP contribution in [0.15, 0.2) is 85.5 Å². The molecule has 2 aromatic heterocycles. The molecular weight excluding hydrogens is 448 g/mol. The summed E-state index contributed by atoms with van der Waals surface area (Å²) in [5.41, 5.74) is 6.48. The third-order valence-electron chi connectivity index (χ3n) is 5.97. The number of ether oxygens (including phenoxy) is 1. The summed E-state index contributed by atoms with van der Waals surface area (Å²) >= 11 is 0. The van der Waals surface area contributed by atoms with Gasteiger partial charge in [0.05, 0.1) is 24.8 Å². The molecule has 1 unspecified atom stereocenters. The molecule has 2 N–H and O–H groups in total. The van der Waals surface area contributed by atoms with Crippen LogP contribution in [0.1, 0.15) is 22.8 Å². The summed E-state index contributed by atoms with van der Waals surface area (Å²) < 4.78 is 32.8. The fourth-order valence-corrected chi connectivity index (χ4v) is 5.77. The van der Waals surface area contributed by atoms with Gasteiger partial charge in [-0.25, -0.2) is 13.4 Å². The number of H-pyrrole nitrogens is 1. The van der Waals surface area contributed by atoms with Crippen molar-refractivity contribution in [2.24, 2.45) is 0 Å². The van der Waals surface area contributed by atoms with Gasteiger partial charge in [0, 0.05) is 35.3 Å². The molecule has 0 fully saturated rings. The number of imidazole rings is 1. The first-order valence-electron chi connectivity index (χ1n) is 10.9. The maximum atomic E-state index is 12.8. The lowest BCUT2D eigenvalue weighted by Crippen LogP contribution is -2.23. The Bertz CT molecular complexity index is 1430. The number of aromatic amines is 1. The van der Waals surface area contributed by atoms with Crippen molar-refractivity contribution < 1.29 is 13.2 Å². The van der Waals surface area contributed by atoms with Crippen molar-refractivity contribution >= 4 is 10.0 Å². The van der Waals surface area contributed by atoms with Crippen LogP contribution in [-0.4, -0.2) is 30.5 Å². The smallest absolute Gasteiger partial charge is 0.239 e. The third-order valence-corrected chi connectivity index (χ3v) is 7.67. The summed E-state index contributed by atoms with van der Waals surface area (Å²) in [7, 11) is -2.08. The Morgan fingerprint density at radius 1 is 1.03 bits per heavy atom. The number of rotatable bonds is 7. The molecule has 2 heterocycles. The summed E-state index contributed by atoms with van der Waals surface area (Å²) in [5.74, 6) is 0.775. The zero-order valence-electron chi connectivity index (χ0n) is 18.6. The lowest BCUT2D eigenvalue weighted by atomic mass is 10.0. The third kappa shape index (κ3) is 4.20. The second kappa shape index (κ2) is 9.15. The van der Waals surface area contributed by atoms with E-state index in [1.165, 1.54) is 19.6 Å². The number of benzene rings is 2. The van der Waals surface area contributed by atoms with Crippen LogP contribution in [0, 0.1) is 0 Å². The van der Waals surface area contributed by atoms with Crippen LogP contribution in [0.2, 0.25) is 0 Å². The van der Waals surface area contributed by atoms with E-state index in [9.17, 15) is 8.42 Å². The number of hydrogen-bond donors (Lipinski definition) is 2. The molecule has 1 aliphatic rings. The molecule has 2 aromatic carbocycles. The molecule has 0 spiro atoms. The average molecular weight is 473 g/mol. The molecule has 1 aliphatic carbocycles. The van der Waals surface area contributed by atoms with Gasteiger partial charge in [0.15, 0.2) is 0 Å². The number of nitrogens with one attached hydrogen (secondary N) is 2. The minimum atomic E-state index is -3.55. The van der Waals surface area contributed by atoms with E-state index in [1.807, 2.05) is 54.6 Å². The van der Waals surface area contributed by atoms with Crippen LogP contribution in [0.25, 0.3) is 33.9 Å². The molecule has 0 aliphatic heterocycles. The Hall–Kier alpha value is -3.91. The van der Waals surface area contributed by atoms with E-state index in [0.29, 0.717) is 12.8 Å². The number of nitrogens with zero attached hydrogens (tertiary/aromatic N) is 2. The van der Waals surface area contributed by atoms with E-state index in [-0.39, 0.29) is 0 Å². The first-order chi connectivity index (χ1) is 16.6. The quantitative estimate of drug-likeness (QED) is 0.376. The molecule has 8 heteroatoms. The van der Waals surface area contributed by atoms with Crippen molar-refractivity contribution in [1.82, 2.24) is 19.7 Å². The molecule has 0 saturated carbocycles. The number of pyridine rings is 1. The molecule has 0 radical (unpaired) electrons. The Balaban J connectivity index is 1.55. The van der Waals surface area contributed by atoms with Gasteiger partial charge in [-0.05, 0) is 42.2 Å². The zero-order chi connectivity index (χ0) is 23.5. The van der Waals surface area contributed by atoms with Crippen molar-refractivity contribution in [1.29, 1.82) is 0 Å². The Morgan fingerprint density at radius 2 is 1.82 bits per heavy atom.